The van der Waals surface area contributed by atoms with E-state index in [0.717, 1.165) is 24.5 Å². The molecule has 0 saturated carbocycles. The third-order valence-corrected chi connectivity index (χ3v) is 4.29. The molecule has 4 N–H and O–H groups in total. The highest BCUT2D eigenvalue weighted by molar-refractivity contribution is 7.12. The normalized spacial score (nSPS) is 12.2. The Labute approximate surface area is 130 Å². The lowest BCUT2D eigenvalue weighted by Gasteiger charge is -2.16. The van der Waals surface area contributed by atoms with Crippen LogP contribution in [0.5, 0.6) is 0 Å². The number of aromatic nitrogens is 2. The summed E-state index contributed by atoms with van der Waals surface area (Å²) in [6.07, 6.45) is 1.85. The summed E-state index contributed by atoms with van der Waals surface area (Å²) >= 11 is 1.82. The Morgan fingerprint density at radius 3 is 2.52 bits per heavy atom. The summed E-state index contributed by atoms with van der Waals surface area (Å²) in [4.78, 5) is 11.6. The number of nitrogens with one attached hydrogen (secondary N) is 2. The van der Waals surface area contributed by atoms with Gasteiger partial charge in [0.25, 0.3) is 0 Å². The average molecular weight is 305 g/mol. The summed E-state index contributed by atoms with van der Waals surface area (Å²) in [5, 5.41) is 3.45. The van der Waals surface area contributed by atoms with E-state index in [-0.39, 0.29) is 6.04 Å². The summed E-state index contributed by atoms with van der Waals surface area (Å²) in [5.41, 5.74) is 3.92. The molecule has 0 spiro atoms. The zero-order valence-electron chi connectivity index (χ0n) is 13.0. The predicted molar refractivity (Wildman–Crippen MR) is 89.7 cm³/mol. The van der Waals surface area contributed by atoms with Gasteiger partial charge >= 0.3 is 0 Å². The summed E-state index contributed by atoms with van der Waals surface area (Å²) in [5.74, 6) is 7.74. The molecule has 21 heavy (non-hydrogen) atoms. The van der Waals surface area contributed by atoms with Crippen molar-refractivity contribution in [2.45, 2.75) is 46.6 Å². The fraction of sp³-hybridized carbons (Fsp3) is 0.467. The van der Waals surface area contributed by atoms with Crippen LogP contribution in [0.25, 0.3) is 0 Å². The number of nitrogens with two attached hydrogens (primary N) is 1. The molecule has 2 aromatic heterocycles. The van der Waals surface area contributed by atoms with Gasteiger partial charge in [-0.2, -0.15) is 0 Å². The van der Waals surface area contributed by atoms with E-state index in [1.54, 1.807) is 0 Å². The maximum atomic E-state index is 5.49. The molecule has 2 aromatic rings. The molecular weight excluding hydrogens is 282 g/mol. The van der Waals surface area contributed by atoms with Crippen LogP contribution >= 0.6 is 11.3 Å². The summed E-state index contributed by atoms with van der Waals surface area (Å²) in [7, 11) is 0. The van der Waals surface area contributed by atoms with Gasteiger partial charge in [0.15, 0.2) is 0 Å². The molecule has 6 heteroatoms. The lowest BCUT2D eigenvalue weighted by atomic mass is 10.1. The number of thiophene rings is 1. The van der Waals surface area contributed by atoms with Crippen molar-refractivity contribution in [3.05, 3.63) is 33.3 Å². The highest BCUT2D eigenvalue weighted by Crippen LogP contribution is 2.28. The van der Waals surface area contributed by atoms with E-state index in [0.29, 0.717) is 5.82 Å². The number of hydrogen-bond donors (Lipinski definition) is 3. The highest BCUT2D eigenvalue weighted by Gasteiger charge is 2.13. The van der Waals surface area contributed by atoms with Crippen molar-refractivity contribution in [3.8, 4) is 0 Å². The molecule has 0 aliphatic heterocycles. The van der Waals surface area contributed by atoms with Crippen LogP contribution in [0.1, 0.15) is 47.5 Å². The fourth-order valence-corrected chi connectivity index (χ4v) is 3.38. The molecule has 1 atom stereocenters. The van der Waals surface area contributed by atoms with Crippen molar-refractivity contribution >= 4 is 23.0 Å². The van der Waals surface area contributed by atoms with Gasteiger partial charge < -0.3 is 10.7 Å². The van der Waals surface area contributed by atoms with Crippen molar-refractivity contribution in [1.29, 1.82) is 0 Å². The van der Waals surface area contributed by atoms with Gasteiger partial charge in [0.05, 0.1) is 6.04 Å². The van der Waals surface area contributed by atoms with Crippen LogP contribution in [-0.2, 0) is 6.42 Å². The first-order chi connectivity index (χ1) is 10.0. The maximum absolute atomic E-state index is 5.49. The molecular formula is C15H23N5S. The maximum Gasteiger partial charge on any atom is 0.145 e. The molecule has 0 fully saturated rings. The van der Waals surface area contributed by atoms with Crippen LogP contribution < -0.4 is 16.6 Å². The van der Waals surface area contributed by atoms with Gasteiger partial charge in [-0.15, -0.1) is 11.3 Å². The monoisotopic (exact) mass is 305 g/mol. The Morgan fingerprint density at radius 2 is 1.95 bits per heavy atom. The quantitative estimate of drug-likeness (QED) is 0.562. The lowest BCUT2D eigenvalue weighted by molar-refractivity contribution is 0.819. The molecule has 2 rings (SSSR count). The average Bonchev–Trinajstić information content (AvgIpc) is 2.78. The van der Waals surface area contributed by atoms with Crippen LogP contribution in [0.2, 0.25) is 0 Å². The van der Waals surface area contributed by atoms with E-state index in [2.05, 4.69) is 54.5 Å². The van der Waals surface area contributed by atoms with Crippen molar-refractivity contribution in [3.63, 3.8) is 0 Å². The first-order valence-corrected chi connectivity index (χ1v) is 8.03. The number of nitrogen functional groups attached to an aromatic ring is 1. The standard InChI is InChI=1S/C15H23N5S/c1-5-6-13-18-14(8-15(19-13)20-16)17-10(3)12-7-9(2)21-11(12)4/h7-8,10H,5-6,16H2,1-4H3,(H2,17,18,19,20). The summed E-state index contributed by atoms with van der Waals surface area (Å²) < 4.78 is 0. The molecule has 0 saturated heterocycles. The van der Waals surface area contributed by atoms with E-state index < -0.39 is 0 Å². The van der Waals surface area contributed by atoms with Crippen LogP contribution in [0.15, 0.2) is 12.1 Å². The zero-order valence-corrected chi connectivity index (χ0v) is 13.8. The second-order valence-electron chi connectivity index (χ2n) is 5.18. The topological polar surface area (TPSA) is 75.9 Å². The second kappa shape index (κ2) is 6.87. The van der Waals surface area contributed by atoms with Gasteiger partial charge in [0.2, 0.25) is 0 Å². The molecule has 0 radical (unpaired) electrons. The van der Waals surface area contributed by atoms with E-state index in [1.807, 2.05) is 17.4 Å². The van der Waals surface area contributed by atoms with Crippen molar-refractivity contribution in [1.82, 2.24) is 9.97 Å². The SMILES string of the molecule is CCCc1nc(NN)cc(NC(C)c2cc(C)sc2C)n1. The van der Waals surface area contributed by atoms with E-state index in [4.69, 9.17) is 5.84 Å². The highest BCUT2D eigenvalue weighted by atomic mass is 32.1. The Bertz CT molecular complexity index is 608. The molecule has 0 aromatic carbocycles. The smallest absolute Gasteiger partial charge is 0.145 e. The minimum atomic E-state index is 0.199. The third kappa shape index (κ3) is 3.92. The molecule has 0 aliphatic carbocycles. The molecule has 114 valence electrons. The van der Waals surface area contributed by atoms with Crippen LogP contribution in [0, 0.1) is 13.8 Å². The summed E-state index contributed by atoms with van der Waals surface area (Å²) in [6.45, 7) is 8.54. The number of rotatable bonds is 6. The number of aryl methyl sites for hydroxylation is 3. The number of hydrogen-bond acceptors (Lipinski definition) is 6. The molecule has 5 nitrogen and oxygen atoms in total. The van der Waals surface area contributed by atoms with Gasteiger partial charge in [0, 0.05) is 22.2 Å². The van der Waals surface area contributed by atoms with Crippen molar-refractivity contribution in [2.75, 3.05) is 10.7 Å². The Hall–Kier alpha value is -1.66. The van der Waals surface area contributed by atoms with E-state index >= 15 is 0 Å². The van der Waals surface area contributed by atoms with Crippen LogP contribution in [0.3, 0.4) is 0 Å². The Balaban J connectivity index is 2.21. The molecule has 0 amide bonds. The molecule has 0 bridgehead atoms. The minimum absolute atomic E-state index is 0.199. The van der Waals surface area contributed by atoms with Gasteiger partial charge in [-0.05, 0) is 38.8 Å². The Kier molecular flexibility index (Phi) is 5.14. The number of hydrazine groups is 1. The van der Waals surface area contributed by atoms with Crippen molar-refractivity contribution in [2.24, 2.45) is 5.84 Å². The van der Waals surface area contributed by atoms with Gasteiger partial charge in [-0.3, -0.25) is 0 Å². The van der Waals surface area contributed by atoms with E-state index in [9.17, 15) is 0 Å². The minimum Gasteiger partial charge on any atom is -0.363 e. The van der Waals surface area contributed by atoms with Crippen LogP contribution in [0.4, 0.5) is 11.6 Å². The van der Waals surface area contributed by atoms with E-state index in [1.165, 1.54) is 15.3 Å². The number of nitrogens with zero attached hydrogens (tertiary/aromatic N) is 2. The largest absolute Gasteiger partial charge is 0.363 e. The third-order valence-electron chi connectivity index (χ3n) is 3.30. The first kappa shape index (κ1) is 15.7. The summed E-state index contributed by atoms with van der Waals surface area (Å²) in [6, 6.07) is 4.27. The molecule has 2 heterocycles. The lowest BCUT2D eigenvalue weighted by Crippen LogP contribution is -2.14. The number of anilines is 2. The first-order valence-electron chi connectivity index (χ1n) is 7.21. The van der Waals surface area contributed by atoms with Crippen molar-refractivity contribution < 1.29 is 0 Å². The van der Waals surface area contributed by atoms with Gasteiger partial charge in [0.1, 0.15) is 17.5 Å². The van der Waals surface area contributed by atoms with Crippen LogP contribution in [-0.4, -0.2) is 9.97 Å². The fourth-order valence-electron chi connectivity index (χ4n) is 2.36. The molecule has 1 unspecified atom stereocenters. The predicted octanol–water partition coefficient (Wildman–Crippen LogP) is 3.57. The molecule has 0 aliphatic rings. The second-order valence-corrected chi connectivity index (χ2v) is 6.64. The van der Waals surface area contributed by atoms with Gasteiger partial charge in [-0.1, -0.05) is 6.92 Å². The van der Waals surface area contributed by atoms with Gasteiger partial charge in [-0.25, -0.2) is 15.8 Å². The Morgan fingerprint density at radius 1 is 1.24 bits per heavy atom. The zero-order chi connectivity index (χ0) is 15.4.